The van der Waals surface area contributed by atoms with E-state index in [9.17, 15) is 9.59 Å². The minimum atomic E-state index is -0.320. The van der Waals surface area contributed by atoms with Gasteiger partial charge in [-0.2, -0.15) is 5.10 Å². The summed E-state index contributed by atoms with van der Waals surface area (Å²) in [5.74, 6) is 1.02. The SMILES string of the molecule is CCCOc1ccccc1-c1nc2c(CCC)nn(CC(=O)N3CCOCC3)c2c(=O)[nH]1. The quantitative estimate of drug-likeness (QED) is 0.578. The van der Waals surface area contributed by atoms with Crippen LogP contribution < -0.4 is 10.3 Å². The Morgan fingerprint density at radius 3 is 2.72 bits per heavy atom. The summed E-state index contributed by atoms with van der Waals surface area (Å²) in [6, 6.07) is 7.52. The summed E-state index contributed by atoms with van der Waals surface area (Å²) >= 11 is 0. The lowest BCUT2D eigenvalue weighted by Crippen LogP contribution is -2.42. The fourth-order valence-corrected chi connectivity index (χ4v) is 3.84. The van der Waals surface area contributed by atoms with E-state index in [1.54, 1.807) is 4.90 Å². The van der Waals surface area contributed by atoms with Crippen LogP contribution in [0.1, 0.15) is 32.4 Å². The maximum Gasteiger partial charge on any atom is 0.277 e. The van der Waals surface area contributed by atoms with Crippen LogP contribution in [0.4, 0.5) is 0 Å². The highest BCUT2D eigenvalue weighted by Gasteiger charge is 2.22. The monoisotopic (exact) mass is 439 g/mol. The molecule has 0 atom stereocenters. The summed E-state index contributed by atoms with van der Waals surface area (Å²) in [5.41, 5.74) is 1.98. The first-order valence-corrected chi connectivity index (χ1v) is 11.2. The first-order valence-electron chi connectivity index (χ1n) is 11.2. The van der Waals surface area contributed by atoms with E-state index < -0.39 is 0 Å². The van der Waals surface area contributed by atoms with Crippen molar-refractivity contribution in [2.45, 2.75) is 39.7 Å². The van der Waals surface area contributed by atoms with Crippen molar-refractivity contribution in [2.24, 2.45) is 0 Å². The summed E-state index contributed by atoms with van der Waals surface area (Å²) < 4.78 is 12.7. The van der Waals surface area contributed by atoms with Gasteiger partial charge >= 0.3 is 0 Å². The Bertz CT molecular complexity index is 1150. The van der Waals surface area contributed by atoms with E-state index in [2.05, 4.69) is 10.1 Å². The van der Waals surface area contributed by atoms with E-state index >= 15 is 0 Å². The molecule has 0 aliphatic carbocycles. The van der Waals surface area contributed by atoms with Gasteiger partial charge in [-0.25, -0.2) is 9.67 Å². The van der Waals surface area contributed by atoms with E-state index in [1.807, 2.05) is 38.1 Å². The minimum Gasteiger partial charge on any atom is -0.493 e. The molecule has 0 saturated carbocycles. The molecular weight excluding hydrogens is 410 g/mol. The van der Waals surface area contributed by atoms with Crippen LogP contribution in [0.15, 0.2) is 29.1 Å². The van der Waals surface area contributed by atoms with Crippen LogP contribution in [0, 0.1) is 0 Å². The van der Waals surface area contributed by atoms with Crippen LogP contribution in [-0.4, -0.2) is 63.5 Å². The third-order valence-corrected chi connectivity index (χ3v) is 5.41. The van der Waals surface area contributed by atoms with Gasteiger partial charge in [-0.15, -0.1) is 0 Å². The van der Waals surface area contributed by atoms with Gasteiger partial charge in [0.2, 0.25) is 5.91 Å². The predicted octanol–water partition coefficient (Wildman–Crippen LogP) is 2.39. The molecule has 2 aromatic heterocycles. The molecule has 170 valence electrons. The largest absolute Gasteiger partial charge is 0.493 e. The second-order valence-corrected chi connectivity index (χ2v) is 7.80. The number of fused-ring (bicyclic) bond motifs is 1. The van der Waals surface area contributed by atoms with E-state index in [4.69, 9.17) is 14.5 Å². The van der Waals surface area contributed by atoms with Crippen molar-refractivity contribution in [3.05, 3.63) is 40.3 Å². The number of ether oxygens (including phenoxy) is 2. The zero-order valence-electron chi connectivity index (χ0n) is 18.6. The standard InChI is InChI=1S/C23H29N5O4/c1-3-7-17-20-21(28(26-17)15-19(29)27-10-13-31-14-11-27)23(30)25-22(24-20)16-8-5-6-9-18(16)32-12-4-2/h5-6,8-9H,3-4,7,10-15H2,1-2H3,(H,24,25,30). The van der Waals surface area contributed by atoms with Crippen molar-refractivity contribution in [1.82, 2.24) is 24.6 Å². The van der Waals surface area contributed by atoms with Crippen LogP contribution in [-0.2, 0) is 22.5 Å². The molecule has 3 heterocycles. The van der Waals surface area contributed by atoms with Gasteiger partial charge in [-0.05, 0) is 25.0 Å². The lowest BCUT2D eigenvalue weighted by Gasteiger charge is -2.26. The molecule has 3 aromatic rings. The molecule has 1 aliphatic rings. The Morgan fingerprint density at radius 2 is 1.97 bits per heavy atom. The predicted molar refractivity (Wildman–Crippen MR) is 121 cm³/mol. The summed E-state index contributed by atoms with van der Waals surface area (Å²) in [7, 11) is 0. The molecule has 1 aliphatic heterocycles. The highest BCUT2D eigenvalue weighted by molar-refractivity contribution is 5.82. The maximum atomic E-state index is 13.2. The fourth-order valence-electron chi connectivity index (χ4n) is 3.84. The van der Waals surface area contributed by atoms with Crippen LogP contribution >= 0.6 is 0 Å². The number of morpholine rings is 1. The van der Waals surface area contributed by atoms with Crippen molar-refractivity contribution < 1.29 is 14.3 Å². The van der Waals surface area contributed by atoms with E-state index in [1.165, 1.54) is 4.68 Å². The van der Waals surface area contributed by atoms with Gasteiger partial charge in [0.05, 0.1) is 31.1 Å². The van der Waals surface area contributed by atoms with E-state index in [0.29, 0.717) is 61.9 Å². The number of rotatable bonds is 8. The molecule has 4 rings (SSSR count). The summed E-state index contributed by atoms with van der Waals surface area (Å²) in [4.78, 5) is 35.3. The Balaban J connectivity index is 1.75. The number of nitrogens with zero attached hydrogens (tertiary/aromatic N) is 4. The normalized spacial score (nSPS) is 14.1. The summed E-state index contributed by atoms with van der Waals surface area (Å²) in [6.07, 6.45) is 2.39. The Hall–Kier alpha value is -3.20. The number of hydrogen-bond acceptors (Lipinski definition) is 6. The van der Waals surface area contributed by atoms with Crippen molar-refractivity contribution in [2.75, 3.05) is 32.9 Å². The highest BCUT2D eigenvalue weighted by atomic mass is 16.5. The Labute approximate surface area is 186 Å². The van der Waals surface area contributed by atoms with Gasteiger partial charge in [-0.3, -0.25) is 9.59 Å². The highest BCUT2D eigenvalue weighted by Crippen LogP contribution is 2.28. The van der Waals surface area contributed by atoms with Gasteiger partial charge < -0.3 is 19.4 Å². The van der Waals surface area contributed by atoms with Crippen molar-refractivity contribution in [3.63, 3.8) is 0 Å². The number of aromatic amines is 1. The van der Waals surface area contributed by atoms with Crippen LogP contribution in [0.25, 0.3) is 22.4 Å². The topological polar surface area (TPSA) is 102 Å². The van der Waals surface area contributed by atoms with Crippen LogP contribution in [0.5, 0.6) is 5.75 Å². The lowest BCUT2D eigenvalue weighted by atomic mass is 10.1. The molecule has 1 aromatic carbocycles. The average molecular weight is 440 g/mol. The van der Waals surface area contributed by atoms with Gasteiger partial charge in [0.25, 0.3) is 5.56 Å². The summed E-state index contributed by atoms with van der Waals surface area (Å²) in [6.45, 7) is 6.81. The molecule has 0 radical (unpaired) electrons. The molecule has 0 spiro atoms. The van der Waals surface area contributed by atoms with Gasteiger partial charge in [-0.1, -0.05) is 32.4 Å². The molecular formula is C23H29N5O4. The molecule has 0 unspecified atom stereocenters. The smallest absolute Gasteiger partial charge is 0.277 e. The second-order valence-electron chi connectivity index (χ2n) is 7.80. The first kappa shape index (κ1) is 22.0. The van der Waals surface area contributed by atoms with Gasteiger partial charge in [0.1, 0.15) is 23.6 Å². The number of amides is 1. The Morgan fingerprint density at radius 1 is 1.19 bits per heavy atom. The van der Waals surface area contributed by atoms with Crippen LogP contribution in [0.3, 0.4) is 0 Å². The Kier molecular flexibility index (Phi) is 6.84. The number of para-hydroxylation sites is 1. The molecule has 0 bridgehead atoms. The van der Waals surface area contributed by atoms with Crippen molar-refractivity contribution in [3.8, 4) is 17.1 Å². The van der Waals surface area contributed by atoms with Crippen LogP contribution in [0.2, 0.25) is 0 Å². The number of nitrogens with one attached hydrogen (secondary N) is 1. The molecule has 9 heteroatoms. The number of carbonyl (C=O) groups is 1. The zero-order valence-corrected chi connectivity index (χ0v) is 18.6. The minimum absolute atomic E-state index is 0.000515. The lowest BCUT2D eigenvalue weighted by molar-refractivity contribution is -0.136. The van der Waals surface area contributed by atoms with Crippen molar-refractivity contribution >= 4 is 16.9 Å². The third-order valence-electron chi connectivity index (χ3n) is 5.41. The molecule has 9 nitrogen and oxygen atoms in total. The number of aryl methyl sites for hydroxylation is 1. The molecule has 32 heavy (non-hydrogen) atoms. The molecule has 1 amide bonds. The number of carbonyl (C=O) groups excluding carboxylic acids is 1. The first-order chi connectivity index (χ1) is 15.6. The van der Waals surface area contributed by atoms with Crippen molar-refractivity contribution in [1.29, 1.82) is 0 Å². The number of benzene rings is 1. The molecule has 1 saturated heterocycles. The zero-order chi connectivity index (χ0) is 22.5. The van der Waals surface area contributed by atoms with Gasteiger partial charge in [0, 0.05) is 13.1 Å². The maximum absolute atomic E-state index is 13.2. The molecule has 1 N–H and O–H groups in total. The average Bonchev–Trinajstić information content (AvgIpc) is 3.16. The number of hydrogen-bond donors (Lipinski definition) is 1. The second kappa shape index (κ2) is 9.95. The number of aromatic nitrogens is 4. The van der Waals surface area contributed by atoms with Gasteiger partial charge in [0.15, 0.2) is 5.52 Å². The summed E-state index contributed by atoms with van der Waals surface area (Å²) in [5, 5.41) is 4.61. The van der Waals surface area contributed by atoms with E-state index in [0.717, 1.165) is 24.1 Å². The fraction of sp³-hybridized carbons (Fsp3) is 0.478. The molecule has 1 fully saturated rings. The van der Waals surface area contributed by atoms with E-state index in [-0.39, 0.29) is 18.0 Å². The third kappa shape index (κ3) is 4.52. The number of H-pyrrole nitrogens is 1.